The van der Waals surface area contributed by atoms with Crippen LogP contribution in [0.15, 0.2) is 24.3 Å². The molecule has 1 aliphatic carbocycles. The SMILES string of the molecule is C[C@@H]1CCCC[C@H]1NC(=S)NNC(=S)Nc1cccc(Cl)c1. The predicted octanol–water partition coefficient (Wildman–Crippen LogP) is 3.58. The van der Waals surface area contributed by atoms with E-state index in [0.29, 0.717) is 27.2 Å². The molecule has 7 heteroatoms. The molecule has 1 aromatic rings. The fourth-order valence-electron chi connectivity index (χ4n) is 2.58. The van der Waals surface area contributed by atoms with Crippen molar-refractivity contribution in [3.63, 3.8) is 0 Å². The highest BCUT2D eigenvalue weighted by atomic mass is 35.5. The third-order valence-electron chi connectivity index (χ3n) is 3.80. The molecule has 0 heterocycles. The third kappa shape index (κ3) is 5.59. The van der Waals surface area contributed by atoms with E-state index in [4.69, 9.17) is 36.0 Å². The number of thiocarbonyl (C=S) groups is 2. The minimum atomic E-state index is 0.433. The molecule has 1 aromatic carbocycles. The van der Waals surface area contributed by atoms with Gasteiger partial charge in [-0.05, 0) is 61.4 Å². The Morgan fingerprint density at radius 1 is 1.14 bits per heavy atom. The Balaban J connectivity index is 1.72. The Morgan fingerprint density at radius 2 is 1.86 bits per heavy atom. The molecule has 0 spiro atoms. The Kier molecular flexibility index (Phi) is 6.67. The fourth-order valence-corrected chi connectivity index (χ4v) is 3.14. The Hall–Kier alpha value is -1.11. The molecule has 1 aliphatic rings. The van der Waals surface area contributed by atoms with Crippen molar-refractivity contribution in [3.05, 3.63) is 29.3 Å². The lowest BCUT2D eigenvalue weighted by atomic mass is 9.86. The maximum Gasteiger partial charge on any atom is 0.189 e. The van der Waals surface area contributed by atoms with Crippen molar-refractivity contribution in [2.75, 3.05) is 5.32 Å². The van der Waals surface area contributed by atoms with Gasteiger partial charge in [0.2, 0.25) is 0 Å². The molecule has 22 heavy (non-hydrogen) atoms. The molecule has 0 radical (unpaired) electrons. The first-order valence-electron chi connectivity index (χ1n) is 7.43. The van der Waals surface area contributed by atoms with E-state index in [1.165, 1.54) is 19.3 Å². The normalized spacial score (nSPS) is 20.8. The van der Waals surface area contributed by atoms with Gasteiger partial charge >= 0.3 is 0 Å². The van der Waals surface area contributed by atoms with E-state index in [-0.39, 0.29) is 0 Å². The van der Waals surface area contributed by atoms with E-state index in [2.05, 4.69) is 28.4 Å². The molecule has 0 aliphatic heterocycles. The topological polar surface area (TPSA) is 48.1 Å². The summed E-state index contributed by atoms with van der Waals surface area (Å²) < 4.78 is 0. The number of hydrazine groups is 1. The fraction of sp³-hybridized carbons (Fsp3) is 0.467. The van der Waals surface area contributed by atoms with Gasteiger partial charge in [-0.15, -0.1) is 0 Å². The molecule has 2 atom stereocenters. The van der Waals surface area contributed by atoms with Gasteiger partial charge in [0, 0.05) is 16.8 Å². The smallest absolute Gasteiger partial charge is 0.189 e. The second-order valence-electron chi connectivity index (χ2n) is 5.56. The van der Waals surface area contributed by atoms with Crippen LogP contribution in [0.2, 0.25) is 5.02 Å². The van der Waals surface area contributed by atoms with Crippen LogP contribution in [0.4, 0.5) is 5.69 Å². The van der Waals surface area contributed by atoms with Crippen molar-refractivity contribution in [2.45, 2.75) is 38.6 Å². The monoisotopic (exact) mass is 356 g/mol. The largest absolute Gasteiger partial charge is 0.358 e. The van der Waals surface area contributed by atoms with E-state index in [1.54, 1.807) is 6.07 Å². The lowest BCUT2D eigenvalue weighted by Crippen LogP contribution is -2.52. The van der Waals surface area contributed by atoms with Crippen molar-refractivity contribution in [3.8, 4) is 0 Å². The third-order valence-corrected chi connectivity index (χ3v) is 4.46. The predicted molar refractivity (Wildman–Crippen MR) is 101 cm³/mol. The van der Waals surface area contributed by atoms with Crippen LogP contribution in [0.1, 0.15) is 32.6 Å². The van der Waals surface area contributed by atoms with Crippen molar-refractivity contribution < 1.29 is 0 Å². The number of hydrogen-bond donors (Lipinski definition) is 4. The van der Waals surface area contributed by atoms with Crippen molar-refractivity contribution in [2.24, 2.45) is 5.92 Å². The molecule has 0 aromatic heterocycles. The molecule has 0 bridgehead atoms. The van der Waals surface area contributed by atoms with Gasteiger partial charge in [0.15, 0.2) is 10.2 Å². The second kappa shape index (κ2) is 8.50. The summed E-state index contributed by atoms with van der Waals surface area (Å²) in [4.78, 5) is 0. The highest BCUT2D eigenvalue weighted by molar-refractivity contribution is 7.80. The molecule has 0 saturated heterocycles. The van der Waals surface area contributed by atoms with Gasteiger partial charge in [0.05, 0.1) is 0 Å². The molecule has 1 fully saturated rings. The average molecular weight is 357 g/mol. The molecule has 0 unspecified atom stereocenters. The summed E-state index contributed by atoms with van der Waals surface area (Å²) in [5.74, 6) is 0.644. The minimum Gasteiger partial charge on any atom is -0.358 e. The highest BCUT2D eigenvalue weighted by Crippen LogP contribution is 2.23. The van der Waals surface area contributed by atoms with Crippen LogP contribution in [0.25, 0.3) is 0 Å². The van der Waals surface area contributed by atoms with E-state index in [0.717, 1.165) is 12.1 Å². The Morgan fingerprint density at radius 3 is 2.59 bits per heavy atom. The molecule has 1 saturated carbocycles. The maximum atomic E-state index is 5.93. The molecule has 4 N–H and O–H groups in total. The first kappa shape index (κ1) is 17.2. The number of anilines is 1. The zero-order chi connectivity index (χ0) is 15.9. The van der Waals surface area contributed by atoms with Crippen molar-refractivity contribution in [1.29, 1.82) is 0 Å². The van der Waals surface area contributed by atoms with Crippen LogP contribution >= 0.6 is 36.0 Å². The van der Waals surface area contributed by atoms with E-state index in [1.807, 2.05) is 18.2 Å². The quantitative estimate of drug-likeness (QED) is 0.480. The van der Waals surface area contributed by atoms with Gasteiger partial charge in [-0.25, -0.2) is 0 Å². The van der Waals surface area contributed by atoms with Crippen LogP contribution in [-0.2, 0) is 0 Å². The van der Waals surface area contributed by atoms with Gasteiger partial charge in [0.1, 0.15) is 0 Å². The zero-order valence-electron chi connectivity index (χ0n) is 12.5. The van der Waals surface area contributed by atoms with Gasteiger partial charge in [-0.3, -0.25) is 10.9 Å². The van der Waals surface area contributed by atoms with Gasteiger partial charge < -0.3 is 10.6 Å². The molecule has 120 valence electrons. The van der Waals surface area contributed by atoms with E-state index < -0.39 is 0 Å². The number of halogens is 1. The van der Waals surface area contributed by atoms with Crippen molar-refractivity contribution >= 4 is 51.9 Å². The first-order valence-corrected chi connectivity index (χ1v) is 8.63. The molecule has 4 nitrogen and oxygen atoms in total. The van der Waals surface area contributed by atoms with Gasteiger partial charge in [-0.1, -0.05) is 37.4 Å². The zero-order valence-corrected chi connectivity index (χ0v) is 14.9. The molecular weight excluding hydrogens is 336 g/mol. The van der Waals surface area contributed by atoms with Crippen LogP contribution in [0.5, 0.6) is 0 Å². The Bertz CT molecular complexity index is 538. The molecule has 2 rings (SSSR count). The standard InChI is InChI=1S/C15H21ClN4S2/c1-10-5-2-3-8-13(10)18-15(22)20-19-14(21)17-12-7-4-6-11(16)9-12/h4,6-7,9-10,13H,2-3,5,8H2,1H3,(H2,17,19,21)(H2,18,20,22)/t10-,13-/m1/s1. The van der Waals surface area contributed by atoms with Gasteiger partial charge in [0.25, 0.3) is 0 Å². The van der Waals surface area contributed by atoms with Crippen molar-refractivity contribution in [1.82, 2.24) is 16.2 Å². The van der Waals surface area contributed by atoms with Gasteiger partial charge in [-0.2, -0.15) is 0 Å². The molecule has 0 amide bonds. The summed E-state index contributed by atoms with van der Waals surface area (Å²) in [7, 11) is 0. The lowest BCUT2D eigenvalue weighted by Gasteiger charge is -2.30. The summed E-state index contributed by atoms with van der Waals surface area (Å²) >= 11 is 16.4. The summed E-state index contributed by atoms with van der Waals surface area (Å²) in [5.41, 5.74) is 6.62. The minimum absolute atomic E-state index is 0.433. The first-order chi connectivity index (χ1) is 10.5. The number of nitrogens with one attached hydrogen (secondary N) is 4. The van der Waals surface area contributed by atoms with Crippen LogP contribution < -0.4 is 21.5 Å². The van der Waals surface area contributed by atoms with E-state index in [9.17, 15) is 0 Å². The summed E-state index contributed by atoms with van der Waals surface area (Å²) in [6, 6.07) is 7.80. The number of hydrogen-bond acceptors (Lipinski definition) is 2. The van der Waals surface area contributed by atoms with Crippen LogP contribution in [0, 0.1) is 5.92 Å². The molecular formula is C15H21ClN4S2. The lowest BCUT2D eigenvalue weighted by molar-refractivity contribution is 0.308. The summed E-state index contributed by atoms with van der Waals surface area (Å²) in [5, 5.41) is 8.04. The van der Waals surface area contributed by atoms with Crippen LogP contribution in [0.3, 0.4) is 0 Å². The summed E-state index contributed by atoms with van der Waals surface area (Å²) in [6.07, 6.45) is 4.98. The number of benzene rings is 1. The van der Waals surface area contributed by atoms with E-state index >= 15 is 0 Å². The summed E-state index contributed by atoms with van der Waals surface area (Å²) in [6.45, 7) is 2.26. The second-order valence-corrected chi connectivity index (χ2v) is 6.81. The van der Waals surface area contributed by atoms with Crippen LogP contribution in [-0.4, -0.2) is 16.3 Å². The maximum absolute atomic E-state index is 5.93. The highest BCUT2D eigenvalue weighted by Gasteiger charge is 2.21. The Labute approximate surface area is 147 Å². The number of rotatable bonds is 2. The average Bonchev–Trinajstić information content (AvgIpc) is 2.48.